The number of alkyl halides is 3. The minimum Gasteiger partial charge on any atom is -0.493 e. The first-order valence-electron chi connectivity index (χ1n) is 10.1. The van der Waals surface area contributed by atoms with Gasteiger partial charge >= 0.3 is 6.18 Å². The number of allylic oxidation sites excluding steroid dienone is 4. The number of anilines is 1. The van der Waals surface area contributed by atoms with Gasteiger partial charge in [0.05, 0.1) is 18.8 Å². The zero-order valence-corrected chi connectivity index (χ0v) is 19.1. The fraction of sp³-hybridized carbons (Fsp3) is 0.304. The van der Waals surface area contributed by atoms with E-state index >= 15 is 0 Å². The van der Waals surface area contributed by atoms with E-state index < -0.39 is 17.6 Å². The molecule has 0 aromatic heterocycles. The summed E-state index contributed by atoms with van der Waals surface area (Å²) in [4.78, 5) is 8.64. The molecule has 1 aromatic carbocycles. The Morgan fingerprint density at radius 3 is 2.70 bits per heavy atom. The van der Waals surface area contributed by atoms with E-state index in [2.05, 4.69) is 31.2 Å². The third-order valence-corrected chi connectivity index (χ3v) is 5.93. The highest BCUT2D eigenvalue weighted by Crippen LogP contribution is 2.34. The van der Waals surface area contributed by atoms with Crippen LogP contribution in [0.25, 0.3) is 0 Å². The summed E-state index contributed by atoms with van der Waals surface area (Å²) in [5.41, 5.74) is 1.22. The molecule has 1 heterocycles. The van der Waals surface area contributed by atoms with Gasteiger partial charge in [-0.2, -0.15) is 13.2 Å². The summed E-state index contributed by atoms with van der Waals surface area (Å²) in [6.45, 7) is 0.159. The SMILES string of the molecule is COC1=C(OCC2=CC=C(C(F)(F)F)CC2)CC2N=CN=C(Nc3ccc(Br)cc3F)C2=C1. The van der Waals surface area contributed by atoms with Crippen LogP contribution >= 0.6 is 15.9 Å². The normalized spacial score (nSPS) is 20.4. The lowest BCUT2D eigenvalue weighted by Gasteiger charge is -2.28. The predicted octanol–water partition coefficient (Wildman–Crippen LogP) is 6.22. The standard InChI is InChI=1S/C23H20BrF4N3O2/c1-32-20-9-16-19(29-12-30-22(16)31-18-7-6-15(24)8-17(18)25)10-21(20)33-11-13-2-4-14(5-3-13)23(26,27)28/h2,4,6-9,12,19H,3,5,10-11H2,1H3,(H,29,30,31). The second-order valence-corrected chi connectivity index (χ2v) is 8.52. The summed E-state index contributed by atoms with van der Waals surface area (Å²) in [6, 6.07) is 4.36. The molecule has 0 radical (unpaired) electrons. The average molecular weight is 526 g/mol. The molecule has 5 nitrogen and oxygen atoms in total. The van der Waals surface area contributed by atoms with E-state index in [4.69, 9.17) is 9.47 Å². The Hall–Kier alpha value is -2.88. The zero-order valence-electron chi connectivity index (χ0n) is 17.5. The molecule has 174 valence electrons. The minimum absolute atomic E-state index is 0.0655. The Bertz CT molecular complexity index is 1130. The maximum absolute atomic E-state index is 14.3. The molecule has 10 heteroatoms. The first kappa shape index (κ1) is 23.3. The molecule has 3 aliphatic rings. The van der Waals surface area contributed by atoms with Gasteiger partial charge in [0.25, 0.3) is 0 Å². The molecule has 33 heavy (non-hydrogen) atoms. The van der Waals surface area contributed by atoms with Crippen LogP contribution in [-0.4, -0.2) is 38.1 Å². The van der Waals surface area contributed by atoms with Crippen molar-refractivity contribution in [1.29, 1.82) is 0 Å². The van der Waals surface area contributed by atoms with Gasteiger partial charge in [0, 0.05) is 22.0 Å². The van der Waals surface area contributed by atoms with Crippen molar-refractivity contribution in [2.45, 2.75) is 31.5 Å². The van der Waals surface area contributed by atoms with Gasteiger partial charge in [-0.25, -0.2) is 9.38 Å². The molecule has 0 amide bonds. The lowest BCUT2D eigenvalue weighted by Crippen LogP contribution is -2.30. The van der Waals surface area contributed by atoms with Crippen molar-refractivity contribution in [2.75, 3.05) is 19.0 Å². The quantitative estimate of drug-likeness (QED) is 0.464. The van der Waals surface area contributed by atoms with E-state index in [0.29, 0.717) is 28.2 Å². The van der Waals surface area contributed by atoms with Crippen molar-refractivity contribution < 1.29 is 27.0 Å². The van der Waals surface area contributed by atoms with Gasteiger partial charge in [-0.1, -0.05) is 28.1 Å². The molecule has 4 rings (SSSR count). The fourth-order valence-corrected chi connectivity index (χ4v) is 3.98. The number of ether oxygens (including phenoxy) is 2. The van der Waals surface area contributed by atoms with Crippen LogP contribution in [0.5, 0.6) is 0 Å². The summed E-state index contributed by atoms with van der Waals surface area (Å²) in [7, 11) is 1.50. The van der Waals surface area contributed by atoms with Crippen LogP contribution in [-0.2, 0) is 9.47 Å². The molecule has 0 saturated carbocycles. The van der Waals surface area contributed by atoms with Crippen LogP contribution in [0.15, 0.2) is 79.1 Å². The van der Waals surface area contributed by atoms with Crippen molar-refractivity contribution in [3.05, 3.63) is 75.0 Å². The number of aliphatic imine (C=N–C) groups is 2. The molecular formula is C23H20BrF4N3O2. The van der Waals surface area contributed by atoms with E-state index in [9.17, 15) is 17.6 Å². The van der Waals surface area contributed by atoms with Gasteiger partial charge in [-0.3, -0.25) is 4.99 Å². The Balaban J connectivity index is 1.50. The highest BCUT2D eigenvalue weighted by atomic mass is 79.9. The number of nitrogens with zero attached hydrogens (tertiary/aromatic N) is 2. The molecular weight excluding hydrogens is 506 g/mol. The summed E-state index contributed by atoms with van der Waals surface area (Å²) in [6.07, 6.45) is 2.00. The first-order chi connectivity index (χ1) is 15.7. The smallest absolute Gasteiger partial charge is 0.412 e. The van der Waals surface area contributed by atoms with Crippen LogP contribution in [0.1, 0.15) is 19.3 Å². The van der Waals surface area contributed by atoms with Crippen LogP contribution in [0.4, 0.5) is 23.2 Å². The molecule has 1 aliphatic heterocycles. The van der Waals surface area contributed by atoms with Crippen molar-refractivity contribution in [1.82, 2.24) is 0 Å². The Morgan fingerprint density at radius 2 is 2.03 bits per heavy atom. The Morgan fingerprint density at radius 1 is 1.21 bits per heavy atom. The van der Waals surface area contributed by atoms with Crippen molar-refractivity contribution >= 4 is 33.8 Å². The second kappa shape index (κ2) is 9.54. The van der Waals surface area contributed by atoms with E-state index in [1.807, 2.05) is 0 Å². The molecule has 1 unspecified atom stereocenters. The van der Waals surface area contributed by atoms with Crippen molar-refractivity contribution in [3.63, 3.8) is 0 Å². The monoisotopic (exact) mass is 525 g/mol. The van der Waals surface area contributed by atoms with Crippen LogP contribution in [0.3, 0.4) is 0 Å². The average Bonchev–Trinajstić information content (AvgIpc) is 2.78. The Labute approximate surface area is 196 Å². The molecule has 0 bridgehead atoms. The number of halogens is 5. The summed E-state index contributed by atoms with van der Waals surface area (Å²) < 4.78 is 64.7. The molecule has 1 aromatic rings. The van der Waals surface area contributed by atoms with Crippen molar-refractivity contribution in [2.24, 2.45) is 9.98 Å². The van der Waals surface area contributed by atoms with Gasteiger partial charge < -0.3 is 14.8 Å². The van der Waals surface area contributed by atoms with Gasteiger partial charge in [0.2, 0.25) is 0 Å². The maximum atomic E-state index is 14.3. The van der Waals surface area contributed by atoms with Crippen molar-refractivity contribution in [3.8, 4) is 0 Å². The van der Waals surface area contributed by atoms with Gasteiger partial charge in [-0.05, 0) is 42.7 Å². The number of hydrogen-bond donors (Lipinski definition) is 1. The number of nitrogens with one attached hydrogen (secondary N) is 1. The largest absolute Gasteiger partial charge is 0.493 e. The van der Waals surface area contributed by atoms with Crippen LogP contribution in [0.2, 0.25) is 0 Å². The number of methoxy groups -OCH3 is 1. The first-order valence-corrected chi connectivity index (χ1v) is 10.9. The fourth-order valence-electron chi connectivity index (χ4n) is 3.65. The van der Waals surface area contributed by atoms with E-state index in [1.54, 1.807) is 18.2 Å². The van der Waals surface area contributed by atoms with E-state index in [0.717, 1.165) is 17.2 Å². The summed E-state index contributed by atoms with van der Waals surface area (Å²) in [5, 5.41) is 3.00. The third-order valence-electron chi connectivity index (χ3n) is 5.44. The second-order valence-electron chi connectivity index (χ2n) is 7.61. The number of benzene rings is 1. The minimum atomic E-state index is -4.30. The van der Waals surface area contributed by atoms with Gasteiger partial charge in [-0.15, -0.1) is 0 Å². The number of amidine groups is 1. The topological polar surface area (TPSA) is 55.2 Å². The number of rotatable bonds is 5. The lowest BCUT2D eigenvalue weighted by atomic mass is 9.94. The number of fused-ring (bicyclic) bond motifs is 1. The van der Waals surface area contributed by atoms with E-state index in [1.165, 1.54) is 25.6 Å². The lowest BCUT2D eigenvalue weighted by molar-refractivity contribution is -0.0941. The van der Waals surface area contributed by atoms with E-state index in [-0.39, 0.29) is 31.2 Å². The summed E-state index contributed by atoms with van der Waals surface area (Å²) in [5.74, 6) is 1.03. The molecule has 0 saturated heterocycles. The number of hydrogen-bond acceptors (Lipinski definition) is 5. The molecule has 2 aliphatic carbocycles. The van der Waals surface area contributed by atoms with Gasteiger partial charge in [0.1, 0.15) is 30.4 Å². The highest BCUT2D eigenvalue weighted by Gasteiger charge is 2.34. The predicted molar refractivity (Wildman–Crippen MR) is 122 cm³/mol. The summed E-state index contributed by atoms with van der Waals surface area (Å²) >= 11 is 3.23. The highest BCUT2D eigenvalue weighted by molar-refractivity contribution is 9.10. The molecule has 0 fully saturated rings. The molecule has 0 spiro atoms. The molecule has 1 N–H and O–H groups in total. The zero-order chi connectivity index (χ0) is 23.6. The maximum Gasteiger partial charge on any atom is 0.412 e. The van der Waals surface area contributed by atoms with Crippen LogP contribution in [0, 0.1) is 5.82 Å². The molecule has 1 atom stereocenters. The van der Waals surface area contributed by atoms with Gasteiger partial charge in [0.15, 0.2) is 5.76 Å². The third kappa shape index (κ3) is 5.38. The Kier molecular flexibility index (Phi) is 6.73. The van der Waals surface area contributed by atoms with Crippen LogP contribution < -0.4 is 5.32 Å².